The second kappa shape index (κ2) is 8.93. The van der Waals surface area contributed by atoms with Crippen molar-refractivity contribution in [1.29, 1.82) is 0 Å². The maximum atomic E-state index is 5.35. The topological polar surface area (TPSA) is 72.2 Å². The van der Waals surface area contributed by atoms with Crippen LogP contribution in [0.15, 0.2) is 53.8 Å². The largest absolute Gasteiger partial charge is 0.493 e. The zero-order valence-electron chi connectivity index (χ0n) is 15.9. The molecule has 3 aromatic rings. The first-order valence-electron chi connectivity index (χ1n) is 8.93. The van der Waals surface area contributed by atoms with Gasteiger partial charge in [0.2, 0.25) is 0 Å². The summed E-state index contributed by atoms with van der Waals surface area (Å²) in [5.74, 6) is 2.08. The summed E-state index contributed by atoms with van der Waals surface area (Å²) >= 11 is 0. The van der Waals surface area contributed by atoms with Crippen molar-refractivity contribution in [1.82, 2.24) is 14.7 Å². The molecule has 0 amide bonds. The van der Waals surface area contributed by atoms with Gasteiger partial charge < -0.3 is 24.5 Å². The van der Waals surface area contributed by atoms with Crippen LogP contribution >= 0.6 is 0 Å². The molecule has 2 aromatic heterocycles. The van der Waals surface area contributed by atoms with Gasteiger partial charge >= 0.3 is 0 Å². The highest BCUT2D eigenvalue weighted by molar-refractivity contribution is 5.93. The molecule has 0 saturated heterocycles. The molecular formula is C20H25N5O2. The number of hydrogen-bond donors (Lipinski definition) is 2. The molecule has 0 aliphatic carbocycles. The Labute approximate surface area is 159 Å². The second-order valence-corrected chi connectivity index (χ2v) is 5.90. The third-order valence-electron chi connectivity index (χ3n) is 4.04. The van der Waals surface area contributed by atoms with E-state index in [2.05, 4.69) is 20.6 Å². The smallest absolute Gasteiger partial charge is 0.195 e. The lowest BCUT2D eigenvalue weighted by Crippen LogP contribution is -2.30. The molecule has 0 bridgehead atoms. The highest BCUT2D eigenvalue weighted by Crippen LogP contribution is 2.29. The molecule has 0 aliphatic heterocycles. The van der Waals surface area contributed by atoms with Crippen LogP contribution in [0.3, 0.4) is 0 Å². The zero-order valence-corrected chi connectivity index (χ0v) is 15.9. The summed E-state index contributed by atoms with van der Waals surface area (Å²) in [5, 5.41) is 6.55. The van der Waals surface area contributed by atoms with Crippen LogP contribution in [0.25, 0.3) is 5.65 Å². The predicted octanol–water partition coefficient (Wildman–Crippen LogP) is 2.97. The van der Waals surface area contributed by atoms with E-state index in [-0.39, 0.29) is 0 Å². The molecule has 2 heterocycles. The molecule has 0 saturated carbocycles. The number of imidazole rings is 1. The van der Waals surface area contributed by atoms with Gasteiger partial charge in [0.1, 0.15) is 5.65 Å². The predicted molar refractivity (Wildman–Crippen MR) is 108 cm³/mol. The third kappa shape index (κ3) is 4.69. The first-order chi connectivity index (χ1) is 13.2. The number of ether oxygens (including phenoxy) is 2. The molecule has 7 nitrogen and oxygen atoms in total. The summed E-state index contributed by atoms with van der Waals surface area (Å²) in [6, 6.07) is 11.6. The van der Waals surface area contributed by atoms with Crippen molar-refractivity contribution in [2.45, 2.75) is 13.3 Å². The molecule has 7 heteroatoms. The number of fused-ring (bicyclic) bond motifs is 1. The summed E-state index contributed by atoms with van der Waals surface area (Å²) in [6.45, 7) is 3.44. The van der Waals surface area contributed by atoms with Gasteiger partial charge in [0.25, 0.3) is 0 Å². The van der Waals surface area contributed by atoms with Crippen molar-refractivity contribution in [2.75, 3.05) is 32.6 Å². The van der Waals surface area contributed by atoms with E-state index >= 15 is 0 Å². The van der Waals surface area contributed by atoms with Crippen LogP contribution in [0.2, 0.25) is 0 Å². The van der Waals surface area contributed by atoms with Gasteiger partial charge in [-0.3, -0.25) is 4.99 Å². The van der Waals surface area contributed by atoms with E-state index < -0.39 is 0 Å². The molecular weight excluding hydrogens is 342 g/mol. The van der Waals surface area contributed by atoms with Crippen molar-refractivity contribution < 1.29 is 9.47 Å². The molecule has 1 aromatic carbocycles. The van der Waals surface area contributed by atoms with Crippen molar-refractivity contribution in [3.05, 3.63) is 54.5 Å². The first kappa shape index (κ1) is 18.6. The third-order valence-corrected chi connectivity index (χ3v) is 4.04. The standard InChI is InChI=1S/C20H25N5O2/c1-4-21-20(24-15-8-9-17(26-2)18(13-15)27-3)22-11-10-16-14-25-12-6-5-7-19(25)23-16/h5-9,12-14H,4,10-11H2,1-3H3,(H2,21,22,24). The monoisotopic (exact) mass is 367 g/mol. The van der Waals surface area contributed by atoms with E-state index in [1.54, 1.807) is 14.2 Å². The van der Waals surface area contributed by atoms with Gasteiger partial charge in [-0.05, 0) is 31.2 Å². The quantitative estimate of drug-likeness (QED) is 0.496. The lowest BCUT2D eigenvalue weighted by Gasteiger charge is -2.13. The molecule has 3 rings (SSSR count). The Balaban J connectivity index is 1.67. The molecule has 142 valence electrons. The summed E-state index contributed by atoms with van der Waals surface area (Å²) < 4.78 is 12.6. The highest BCUT2D eigenvalue weighted by Gasteiger charge is 2.06. The number of methoxy groups -OCH3 is 2. The number of nitrogens with one attached hydrogen (secondary N) is 2. The number of nitrogens with zero attached hydrogens (tertiary/aromatic N) is 3. The Bertz CT molecular complexity index is 887. The molecule has 27 heavy (non-hydrogen) atoms. The number of aliphatic imine (C=N–C) groups is 1. The van der Waals surface area contributed by atoms with Gasteiger partial charge in [-0.15, -0.1) is 0 Å². The van der Waals surface area contributed by atoms with E-state index in [1.165, 1.54) is 0 Å². The molecule has 2 N–H and O–H groups in total. The first-order valence-corrected chi connectivity index (χ1v) is 8.93. The highest BCUT2D eigenvalue weighted by atomic mass is 16.5. The summed E-state index contributed by atoms with van der Waals surface area (Å²) in [5.41, 5.74) is 2.85. The Hall–Kier alpha value is -3.22. The van der Waals surface area contributed by atoms with Crippen LogP contribution < -0.4 is 20.1 Å². The number of hydrogen-bond acceptors (Lipinski definition) is 4. The zero-order chi connectivity index (χ0) is 19.1. The Morgan fingerprint density at radius 2 is 2.00 bits per heavy atom. The molecule has 0 unspecified atom stereocenters. The van der Waals surface area contributed by atoms with Crippen molar-refractivity contribution in [3.8, 4) is 11.5 Å². The average molecular weight is 367 g/mol. The molecule has 0 fully saturated rings. The number of pyridine rings is 1. The number of benzene rings is 1. The van der Waals surface area contributed by atoms with Gasteiger partial charge in [0, 0.05) is 43.7 Å². The van der Waals surface area contributed by atoms with E-state index in [9.17, 15) is 0 Å². The molecule has 0 atom stereocenters. The fraction of sp³-hybridized carbons (Fsp3) is 0.300. The van der Waals surface area contributed by atoms with Crippen molar-refractivity contribution in [2.24, 2.45) is 4.99 Å². The summed E-state index contributed by atoms with van der Waals surface area (Å²) in [4.78, 5) is 9.25. The lowest BCUT2D eigenvalue weighted by atomic mass is 10.2. The van der Waals surface area contributed by atoms with Crippen LogP contribution in [-0.4, -0.2) is 42.7 Å². The minimum Gasteiger partial charge on any atom is -0.493 e. The van der Waals surface area contributed by atoms with E-state index in [0.29, 0.717) is 24.0 Å². The number of anilines is 1. The SMILES string of the molecule is CCNC(=NCCc1cn2ccccc2n1)Nc1ccc(OC)c(OC)c1. The van der Waals surface area contributed by atoms with Gasteiger partial charge in [-0.25, -0.2) is 4.98 Å². The molecule has 0 radical (unpaired) electrons. The van der Waals surface area contributed by atoms with Crippen molar-refractivity contribution in [3.63, 3.8) is 0 Å². The van der Waals surface area contributed by atoms with Crippen LogP contribution in [-0.2, 0) is 6.42 Å². The van der Waals surface area contributed by atoms with Crippen molar-refractivity contribution >= 4 is 17.3 Å². The Morgan fingerprint density at radius 1 is 1.15 bits per heavy atom. The normalized spacial score (nSPS) is 11.4. The van der Waals surface area contributed by atoms with Gasteiger partial charge in [0.05, 0.1) is 19.9 Å². The Kier molecular flexibility index (Phi) is 6.14. The minimum absolute atomic E-state index is 0.631. The van der Waals surface area contributed by atoms with Crippen LogP contribution in [0.4, 0.5) is 5.69 Å². The summed E-state index contributed by atoms with van der Waals surface area (Å²) in [6.07, 6.45) is 4.81. The van der Waals surface area contributed by atoms with Crippen LogP contribution in [0.5, 0.6) is 11.5 Å². The minimum atomic E-state index is 0.631. The fourth-order valence-electron chi connectivity index (χ4n) is 2.75. The van der Waals surface area contributed by atoms with Crippen LogP contribution in [0.1, 0.15) is 12.6 Å². The van der Waals surface area contributed by atoms with E-state index in [4.69, 9.17) is 9.47 Å². The lowest BCUT2D eigenvalue weighted by molar-refractivity contribution is 0.355. The van der Waals surface area contributed by atoms with Gasteiger partial charge in [0.15, 0.2) is 17.5 Å². The van der Waals surface area contributed by atoms with Gasteiger partial charge in [-0.2, -0.15) is 0 Å². The second-order valence-electron chi connectivity index (χ2n) is 5.90. The fourth-order valence-corrected chi connectivity index (χ4v) is 2.75. The molecule has 0 aliphatic rings. The number of rotatable bonds is 7. The number of aromatic nitrogens is 2. The summed E-state index contributed by atoms with van der Waals surface area (Å²) in [7, 11) is 3.24. The maximum Gasteiger partial charge on any atom is 0.195 e. The van der Waals surface area contributed by atoms with Crippen LogP contribution in [0, 0.1) is 0 Å². The Morgan fingerprint density at radius 3 is 2.74 bits per heavy atom. The van der Waals surface area contributed by atoms with E-state index in [1.807, 2.05) is 60.1 Å². The molecule has 0 spiro atoms. The average Bonchev–Trinajstić information content (AvgIpc) is 3.10. The maximum absolute atomic E-state index is 5.35. The van der Waals surface area contributed by atoms with Gasteiger partial charge in [-0.1, -0.05) is 6.07 Å². The number of guanidine groups is 1. The van der Waals surface area contributed by atoms with E-state index in [0.717, 1.165) is 30.0 Å².